The molecule has 0 fully saturated rings. The van der Waals surface area contributed by atoms with Crippen molar-refractivity contribution in [3.8, 4) is 0 Å². The lowest BCUT2D eigenvalue weighted by atomic mass is 10.4. The zero-order valence-electron chi connectivity index (χ0n) is 10.7. The van der Waals surface area contributed by atoms with Crippen LogP contribution >= 0.6 is 0 Å². The van der Waals surface area contributed by atoms with Crippen LogP contribution in [0.4, 0.5) is 0 Å². The zero-order chi connectivity index (χ0) is 15.4. The van der Waals surface area contributed by atoms with Crippen molar-refractivity contribution >= 4 is 11.9 Å². The van der Waals surface area contributed by atoms with Crippen LogP contribution in [0.15, 0.2) is 38.4 Å². The third-order valence-corrected chi connectivity index (χ3v) is 2.54. The second-order valence-corrected chi connectivity index (χ2v) is 4.09. The summed E-state index contributed by atoms with van der Waals surface area (Å²) in [5, 5.41) is 11.1. The number of carboxylic acids is 1. The lowest BCUT2D eigenvalue weighted by Crippen LogP contribution is -2.35. The number of H-pyrrole nitrogens is 1. The van der Waals surface area contributed by atoms with Crippen LogP contribution in [0, 0.1) is 0 Å². The van der Waals surface area contributed by atoms with E-state index in [9.17, 15) is 19.2 Å². The molecule has 0 bridgehead atoms. The number of hydrogen-bond acceptors (Lipinski definition) is 5. The normalized spacial score (nSPS) is 10.3. The monoisotopic (exact) mass is 293 g/mol. The van der Waals surface area contributed by atoms with Gasteiger partial charge in [0.1, 0.15) is 12.3 Å². The summed E-state index contributed by atoms with van der Waals surface area (Å²) in [4.78, 5) is 46.5. The number of carbonyl (C=O) groups is 2. The Hall–Kier alpha value is -3.10. The molecule has 21 heavy (non-hydrogen) atoms. The van der Waals surface area contributed by atoms with Crippen LogP contribution in [0.25, 0.3) is 0 Å². The van der Waals surface area contributed by atoms with Crippen LogP contribution in [-0.4, -0.2) is 26.5 Å². The van der Waals surface area contributed by atoms with Gasteiger partial charge >= 0.3 is 11.7 Å². The summed E-state index contributed by atoms with van der Waals surface area (Å²) in [5.74, 6) is -1.64. The average Bonchev–Trinajstić information content (AvgIpc) is 2.89. The zero-order valence-corrected chi connectivity index (χ0v) is 10.7. The minimum absolute atomic E-state index is 0.00971. The number of amides is 1. The van der Waals surface area contributed by atoms with Gasteiger partial charge in [-0.25, -0.2) is 9.59 Å². The fraction of sp³-hybridized carbons (Fsp3) is 0.167. The molecule has 110 valence electrons. The number of aromatic amines is 1. The molecule has 9 heteroatoms. The smallest absolute Gasteiger partial charge is 0.371 e. The molecule has 2 aromatic heterocycles. The van der Waals surface area contributed by atoms with Gasteiger partial charge in [-0.3, -0.25) is 19.1 Å². The minimum Gasteiger partial charge on any atom is -0.475 e. The van der Waals surface area contributed by atoms with E-state index < -0.39 is 23.1 Å². The van der Waals surface area contributed by atoms with E-state index in [0.29, 0.717) is 0 Å². The van der Waals surface area contributed by atoms with Crippen LogP contribution in [0.5, 0.6) is 0 Å². The fourth-order valence-corrected chi connectivity index (χ4v) is 1.55. The first-order chi connectivity index (χ1) is 9.95. The number of nitrogens with one attached hydrogen (secondary N) is 2. The van der Waals surface area contributed by atoms with E-state index >= 15 is 0 Å². The highest BCUT2D eigenvalue weighted by molar-refractivity contribution is 5.84. The Kier molecular flexibility index (Phi) is 4.02. The molecule has 1 amide bonds. The van der Waals surface area contributed by atoms with Crippen molar-refractivity contribution in [2.45, 2.75) is 13.1 Å². The number of carboxylic acid groups (broad SMARTS) is 1. The van der Waals surface area contributed by atoms with Crippen LogP contribution in [-0.2, 0) is 17.9 Å². The second kappa shape index (κ2) is 5.90. The molecule has 2 aromatic rings. The Balaban J connectivity index is 1.94. The first-order valence-corrected chi connectivity index (χ1v) is 5.84. The molecule has 9 nitrogen and oxygen atoms in total. The Morgan fingerprint density at radius 2 is 2.05 bits per heavy atom. The molecule has 0 aliphatic rings. The molecule has 0 saturated carbocycles. The van der Waals surface area contributed by atoms with Crippen LogP contribution in [0.1, 0.15) is 16.3 Å². The van der Waals surface area contributed by atoms with E-state index in [4.69, 9.17) is 9.52 Å². The van der Waals surface area contributed by atoms with Crippen molar-refractivity contribution in [1.82, 2.24) is 14.9 Å². The maximum Gasteiger partial charge on any atom is 0.371 e. The maximum atomic E-state index is 11.6. The van der Waals surface area contributed by atoms with Gasteiger partial charge < -0.3 is 14.8 Å². The van der Waals surface area contributed by atoms with Crippen LogP contribution in [0.2, 0.25) is 0 Å². The second-order valence-electron chi connectivity index (χ2n) is 4.09. The third-order valence-electron chi connectivity index (χ3n) is 2.54. The Labute approximate surface area is 116 Å². The average molecular weight is 293 g/mol. The van der Waals surface area contributed by atoms with Crippen molar-refractivity contribution in [3.05, 3.63) is 56.8 Å². The van der Waals surface area contributed by atoms with Gasteiger partial charge in [0.15, 0.2) is 0 Å². The SMILES string of the molecule is O=C(Cn1ccc(=O)[nH]c1=O)NCc1ccc(C(=O)O)o1. The number of rotatable bonds is 5. The fourth-order valence-electron chi connectivity index (χ4n) is 1.55. The van der Waals surface area contributed by atoms with Gasteiger partial charge in [-0.05, 0) is 12.1 Å². The number of furan rings is 1. The van der Waals surface area contributed by atoms with Crippen molar-refractivity contribution in [2.24, 2.45) is 0 Å². The summed E-state index contributed by atoms with van der Waals surface area (Å²) in [6.45, 7) is -0.285. The summed E-state index contributed by atoms with van der Waals surface area (Å²) < 4.78 is 5.98. The standard InChI is InChI=1S/C12H11N3O6/c16-9-3-4-15(12(20)14-9)6-10(17)13-5-7-1-2-8(21-7)11(18)19/h1-4H,5-6H2,(H,13,17)(H,18,19)(H,14,16,20). The Bertz CT molecular complexity index is 785. The van der Waals surface area contributed by atoms with E-state index in [1.807, 2.05) is 4.98 Å². The first kappa shape index (κ1) is 14.3. The molecule has 0 aliphatic heterocycles. The topological polar surface area (TPSA) is 134 Å². The predicted molar refractivity (Wildman–Crippen MR) is 68.8 cm³/mol. The number of aromatic carboxylic acids is 1. The summed E-state index contributed by atoms with van der Waals surface area (Å²) in [6.07, 6.45) is 1.20. The van der Waals surface area contributed by atoms with Gasteiger partial charge in [-0.2, -0.15) is 0 Å². The molecule has 2 heterocycles. The number of carbonyl (C=O) groups excluding carboxylic acids is 1. The van der Waals surface area contributed by atoms with Crippen LogP contribution in [0.3, 0.4) is 0 Å². The molecular weight excluding hydrogens is 282 g/mol. The van der Waals surface area contributed by atoms with Gasteiger partial charge in [0, 0.05) is 12.3 Å². The molecule has 0 atom stereocenters. The third kappa shape index (κ3) is 3.69. The quantitative estimate of drug-likeness (QED) is 0.657. The number of nitrogens with zero attached hydrogens (tertiary/aromatic N) is 1. The molecule has 0 saturated heterocycles. The van der Waals surface area contributed by atoms with Crippen molar-refractivity contribution in [2.75, 3.05) is 0 Å². The Morgan fingerprint density at radius 1 is 1.29 bits per heavy atom. The number of aromatic nitrogens is 2. The lowest BCUT2D eigenvalue weighted by molar-refractivity contribution is -0.122. The van der Waals surface area contributed by atoms with Gasteiger partial charge in [0.25, 0.3) is 5.56 Å². The predicted octanol–water partition coefficient (Wildman–Crippen LogP) is -0.856. The first-order valence-electron chi connectivity index (χ1n) is 5.84. The molecule has 0 aliphatic carbocycles. The molecule has 0 spiro atoms. The highest BCUT2D eigenvalue weighted by Crippen LogP contribution is 2.07. The maximum absolute atomic E-state index is 11.6. The van der Waals surface area contributed by atoms with E-state index in [0.717, 1.165) is 10.6 Å². The van der Waals surface area contributed by atoms with Crippen molar-refractivity contribution < 1.29 is 19.1 Å². The minimum atomic E-state index is -1.20. The largest absolute Gasteiger partial charge is 0.475 e. The molecule has 0 radical (unpaired) electrons. The summed E-state index contributed by atoms with van der Waals surface area (Å²) in [7, 11) is 0. The highest BCUT2D eigenvalue weighted by atomic mass is 16.4. The highest BCUT2D eigenvalue weighted by Gasteiger charge is 2.10. The van der Waals surface area contributed by atoms with E-state index in [1.54, 1.807) is 0 Å². The number of hydrogen-bond donors (Lipinski definition) is 3. The summed E-state index contributed by atoms with van der Waals surface area (Å²) in [5.41, 5.74) is -1.24. The molecule has 0 unspecified atom stereocenters. The Morgan fingerprint density at radius 3 is 2.67 bits per heavy atom. The van der Waals surface area contributed by atoms with Gasteiger partial charge in [0.05, 0.1) is 6.54 Å². The van der Waals surface area contributed by atoms with Gasteiger partial charge in [0.2, 0.25) is 11.7 Å². The summed E-state index contributed by atoms with van der Waals surface area (Å²) >= 11 is 0. The molecule has 2 rings (SSSR count). The summed E-state index contributed by atoms with van der Waals surface area (Å²) in [6, 6.07) is 3.83. The van der Waals surface area contributed by atoms with E-state index in [2.05, 4.69) is 5.32 Å². The van der Waals surface area contributed by atoms with Gasteiger partial charge in [-0.15, -0.1) is 0 Å². The molecule has 0 aromatic carbocycles. The van der Waals surface area contributed by atoms with Crippen LogP contribution < -0.4 is 16.6 Å². The van der Waals surface area contributed by atoms with E-state index in [-0.39, 0.29) is 24.6 Å². The lowest BCUT2D eigenvalue weighted by Gasteiger charge is -2.05. The molecular formula is C12H11N3O6. The molecule has 3 N–H and O–H groups in total. The van der Waals surface area contributed by atoms with Crippen molar-refractivity contribution in [1.29, 1.82) is 0 Å². The van der Waals surface area contributed by atoms with E-state index in [1.165, 1.54) is 18.3 Å². The van der Waals surface area contributed by atoms with Gasteiger partial charge in [-0.1, -0.05) is 0 Å². The van der Waals surface area contributed by atoms with Crippen molar-refractivity contribution in [3.63, 3.8) is 0 Å².